The molecular weight excluding hydrogens is 422 g/mol. The fraction of sp³-hybridized carbons (Fsp3) is 0.160. The van der Waals surface area contributed by atoms with E-state index in [0.29, 0.717) is 11.4 Å². The highest BCUT2D eigenvalue weighted by molar-refractivity contribution is 7.80. The van der Waals surface area contributed by atoms with Crippen molar-refractivity contribution in [1.82, 2.24) is 9.88 Å². The van der Waals surface area contributed by atoms with Crippen LogP contribution in [0.1, 0.15) is 22.5 Å². The molecule has 0 atom stereocenters. The minimum Gasteiger partial charge on any atom is -0.497 e. The lowest BCUT2D eigenvalue weighted by Crippen LogP contribution is -2.54. The summed E-state index contributed by atoms with van der Waals surface area (Å²) in [6.07, 6.45) is 1.62. The molecule has 3 aromatic rings. The van der Waals surface area contributed by atoms with Crippen molar-refractivity contribution >= 4 is 40.9 Å². The van der Waals surface area contributed by atoms with E-state index in [1.807, 2.05) is 39.0 Å². The van der Waals surface area contributed by atoms with Gasteiger partial charge in [0, 0.05) is 23.1 Å². The van der Waals surface area contributed by atoms with Crippen molar-refractivity contribution in [2.75, 3.05) is 12.0 Å². The molecule has 0 radical (unpaired) electrons. The largest absolute Gasteiger partial charge is 0.497 e. The van der Waals surface area contributed by atoms with E-state index in [0.717, 1.165) is 22.6 Å². The third-order valence-electron chi connectivity index (χ3n) is 5.48. The molecule has 0 saturated carbocycles. The molecule has 162 valence electrons. The summed E-state index contributed by atoms with van der Waals surface area (Å²) in [4.78, 5) is 27.3. The van der Waals surface area contributed by atoms with Gasteiger partial charge in [-0.05, 0) is 75.0 Å². The van der Waals surface area contributed by atoms with Crippen LogP contribution in [0.3, 0.4) is 0 Å². The summed E-state index contributed by atoms with van der Waals surface area (Å²) in [6, 6.07) is 17.1. The normalized spacial score (nSPS) is 15.3. The average molecular weight is 446 g/mol. The lowest BCUT2D eigenvalue weighted by Gasteiger charge is -2.29. The van der Waals surface area contributed by atoms with Gasteiger partial charge >= 0.3 is 0 Å². The number of benzene rings is 2. The Labute approximate surface area is 192 Å². The van der Waals surface area contributed by atoms with Crippen LogP contribution in [0.15, 0.2) is 60.2 Å². The molecule has 0 aliphatic carbocycles. The Bertz CT molecular complexity index is 1270. The van der Waals surface area contributed by atoms with E-state index >= 15 is 0 Å². The standard InChI is InChI=1S/C25H23N3O3S/c1-15-8-10-19(11-9-15)27-16(2)12-18(17(27)3)13-22-23(29)26-25(32)28(24(22)30)20-6-5-7-21(14-20)31-4/h5-14H,1-4H3,(H,26,29,32)/b22-13-. The maximum absolute atomic E-state index is 13.3. The molecule has 1 N–H and O–H groups in total. The number of ether oxygens (including phenoxy) is 1. The summed E-state index contributed by atoms with van der Waals surface area (Å²) in [5.41, 5.74) is 5.47. The third kappa shape index (κ3) is 3.83. The molecule has 1 aromatic heterocycles. The number of hydrogen-bond acceptors (Lipinski definition) is 4. The molecule has 2 amide bonds. The predicted octanol–water partition coefficient (Wildman–Crippen LogP) is 4.24. The molecule has 1 saturated heterocycles. The minimum absolute atomic E-state index is 0.0191. The molecule has 0 unspecified atom stereocenters. The minimum atomic E-state index is -0.515. The summed E-state index contributed by atoms with van der Waals surface area (Å²) in [5.74, 6) is -0.409. The monoisotopic (exact) mass is 445 g/mol. The zero-order valence-corrected chi connectivity index (χ0v) is 19.1. The molecule has 0 spiro atoms. The van der Waals surface area contributed by atoms with Gasteiger partial charge in [-0.25, -0.2) is 0 Å². The second kappa shape index (κ2) is 8.43. The highest BCUT2D eigenvalue weighted by atomic mass is 32.1. The zero-order valence-electron chi connectivity index (χ0n) is 18.3. The topological polar surface area (TPSA) is 63.6 Å². The Morgan fingerprint density at radius 2 is 1.69 bits per heavy atom. The van der Waals surface area contributed by atoms with Crippen molar-refractivity contribution in [3.05, 3.63) is 82.7 Å². The van der Waals surface area contributed by atoms with Crippen molar-refractivity contribution in [1.29, 1.82) is 0 Å². The molecule has 2 heterocycles. The molecule has 4 rings (SSSR count). The van der Waals surface area contributed by atoms with Crippen LogP contribution in [-0.4, -0.2) is 28.6 Å². The quantitative estimate of drug-likeness (QED) is 0.371. The number of nitrogens with one attached hydrogen (secondary N) is 1. The molecule has 2 aromatic carbocycles. The fourth-order valence-electron chi connectivity index (χ4n) is 3.82. The van der Waals surface area contributed by atoms with E-state index in [1.165, 1.54) is 10.5 Å². The number of thiocarbonyl (C=S) groups is 1. The van der Waals surface area contributed by atoms with Crippen LogP contribution >= 0.6 is 12.2 Å². The van der Waals surface area contributed by atoms with Gasteiger partial charge in [0.15, 0.2) is 5.11 Å². The van der Waals surface area contributed by atoms with Crippen LogP contribution in [0.2, 0.25) is 0 Å². The number of methoxy groups -OCH3 is 1. The van der Waals surface area contributed by atoms with E-state index < -0.39 is 11.8 Å². The van der Waals surface area contributed by atoms with E-state index in [9.17, 15) is 9.59 Å². The first kappa shape index (κ1) is 21.5. The summed E-state index contributed by atoms with van der Waals surface area (Å²) in [7, 11) is 1.55. The van der Waals surface area contributed by atoms with Gasteiger partial charge in [-0.3, -0.25) is 19.8 Å². The number of aromatic nitrogens is 1. The third-order valence-corrected chi connectivity index (χ3v) is 5.76. The highest BCUT2D eigenvalue weighted by Gasteiger charge is 2.35. The smallest absolute Gasteiger partial charge is 0.270 e. The van der Waals surface area contributed by atoms with E-state index in [-0.39, 0.29) is 10.7 Å². The summed E-state index contributed by atoms with van der Waals surface area (Å²) in [5, 5.41) is 2.66. The number of carbonyl (C=O) groups is 2. The second-order valence-electron chi connectivity index (χ2n) is 7.66. The van der Waals surface area contributed by atoms with Crippen molar-refractivity contribution < 1.29 is 14.3 Å². The lowest BCUT2D eigenvalue weighted by atomic mass is 10.1. The first-order chi connectivity index (χ1) is 15.3. The molecule has 1 fully saturated rings. The Morgan fingerprint density at radius 1 is 0.969 bits per heavy atom. The molecule has 32 heavy (non-hydrogen) atoms. The van der Waals surface area contributed by atoms with Gasteiger partial charge in [-0.15, -0.1) is 0 Å². The van der Waals surface area contributed by atoms with Gasteiger partial charge in [0.25, 0.3) is 11.8 Å². The average Bonchev–Trinajstić information content (AvgIpc) is 3.04. The number of hydrogen-bond donors (Lipinski definition) is 1. The van der Waals surface area contributed by atoms with Crippen molar-refractivity contribution in [2.45, 2.75) is 20.8 Å². The first-order valence-corrected chi connectivity index (χ1v) is 10.5. The van der Waals surface area contributed by atoms with Gasteiger partial charge in [-0.1, -0.05) is 23.8 Å². The fourth-order valence-corrected chi connectivity index (χ4v) is 4.10. The number of anilines is 1. The highest BCUT2D eigenvalue weighted by Crippen LogP contribution is 2.27. The molecule has 0 bridgehead atoms. The van der Waals surface area contributed by atoms with E-state index in [2.05, 4.69) is 22.0 Å². The van der Waals surface area contributed by atoms with Gasteiger partial charge in [0.1, 0.15) is 11.3 Å². The number of nitrogens with zero attached hydrogens (tertiary/aromatic N) is 2. The Hall–Kier alpha value is -3.71. The predicted molar refractivity (Wildman–Crippen MR) is 129 cm³/mol. The van der Waals surface area contributed by atoms with Gasteiger partial charge in [-0.2, -0.15) is 0 Å². The molecular formula is C25H23N3O3S. The second-order valence-corrected chi connectivity index (χ2v) is 8.04. The van der Waals surface area contributed by atoms with Gasteiger partial charge < -0.3 is 9.30 Å². The van der Waals surface area contributed by atoms with Crippen molar-refractivity contribution in [3.8, 4) is 11.4 Å². The molecule has 6 nitrogen and oxygen atoms in total. The Morgan fingerprint density at radius 3 is 2.38 bits per heavy atom. The number of rotatable bonds is 4. The summed E-state index contributed by atoms with van der Waals surface area (Å²) >= 11 is 5.29. The molecule has 1 aliphatic rings. The number of amides is 2. The van der Waals surface area contributed by atoms with Crippen molar-refractivity contribution in [3.63, 3.8) is 0 Å². The van der Waals surface area contributed by atoms with Crippen LogP contribution in [0.25, 0.3) is 11.8 Å². The van der Waals surface area contributed by atoms with E-state index in [4.69, 9.17) is 17.0 Å². The zero-order chi connectivity index (χ0) is 23.0. The van der Waals surface area contributed by atoms with Crippen LogP contribution in [-0.2, 0) is 9.59 Å². The van der Waals surface area contributed by atoms with Gasteiger partial charge in [0.05, 0.1) is 12.8 Å². The maximum atomic E-state index is 13.3. The molecule has 7 heteroatoms. The Kier molecular flexibility index (Phi) is 5.67. The Balaban J connectivity index is 1.75. The van der Waals surface area contributed by atoms with Crippen LogP contribution in [0.5, 0.6) is 5.75 Å². The van der Waals surface area contributed by atoms with Crippen molar-refractivity contribution in [2.24, 2.45) is 0 Å². The maximum Gasteiger partial charge on any atom is 0.270 e. The first-order valence-electron chi connectivity index (χ1n) is 10.1. The van der Waals surface area contributed by atoms with Crippen LogP contribution in [0, 0.1) is 20.8 Å². The summed E-state index contributed by atoms with van der Waals surface area (Å²) in [6.45, 7) is 6.00. The summed E-state index contributed by atoms with van der Waals surface area (Å²) < 4.78 is 7.35. The van der Waals surface area contributed by atoms with Crippen LogP contribution < -0.4 is 15.0 Å². The number of aryl methyl sites for hydroxylation is 2. The molecule has 1 aliphatic heterocycles. The number of carbonyl (C=O) groups excluding carboxylic acids is 2. The van der Waals surface area contributed by atoms with E-state index in [1.54, 1.807) is 37.5 Å². The lowest BCUT2D eigenvalue weighted by molar-refractivity contribution is -0.122. The van der Waals surface area contributed by atoms with Gasteiger partial charge in [0.2, 0.25) is 0 Å². The SMILES string of the molecule is COc1cccc(N2C(=O)/C(=C\c3cc(C)n(-c4ccc(C)cc4)c3C)C(=O)NC2=S)c1. The van der Waals surface area contributed by atoms with Crippen LogP contribution in [0.4, 0.5) is 5.69 Å².